The average Bonchev–Trinajstić information content (AvgIpc) is 2.47. The van der Waals surface area contributed by atoms with E-state index in [9.17, 15) is 9.90 Å². The van der Waals surface area contributed by atoms with Crippen LogP contribution in [0.2, 0.25) is 0 Å². The van der Waals surface area contributed by atoms with E-state index in [-0.39, 0.29) is 18.1 Å². The minimum absolute atomic E-state index is 0.114. The molecule has 108 valence electrons. The molecular formula is C18H18O3. The monoisotopic (exact) mass is 282 g/mol. The molecule has 0 saturated heterocycles. The van der Waals surface area contributed by atoms with Crippen LogP contribution in [0, 0.1) is 0 Å². The second-order valence-electron chi connectivity index (χ2n) is 5.65. The summed E-state index contributed by atoms with van der Waals surface area (Å²) in [4.78, 5) is 11.0. The third-order valence-corrected chi connectivity index (χ3v) is 4.21. The van der Waals surface area contributed by atoms with Gasteiger partial charge in [-0.1, -0.05) is 30.3 Å². The Kier molecular flexibility index (Phi) is 3.65. The quantitative estimate of drug-likeness (QED) is 0.896. The van der Waals surface area contributed by atoms with Crippen molar-refractivity contribution in [2.45, 2.75) is 31.6 Å². The molecule has 0 spiro atoms. The Morgan fingerprint density at radius 3 is 2.52 bits per heavy atom. The first-order chi connectivity index (χ1) is 10.1. The van der Waals surface area contributed by atoms with Crippen LogP contribution in [0.1, 0.15) is 36.3 Å². The van der Waals surface area contributed by atoms with E-state index in [4.69, 9.17) is 5.11 Å². The molecule has 1 atom stereocenters. The number of carboxylic acid groups (broad SMARTS) is 1. The molecule has 3 rings (SSSR count). The first kappa shape index (κ1) is 13.7. The number of aryl methyl sites for hydroxylation is 1. The van der Waals surface area contributed by atoms with Crippen molar-refractivity contribution in [1.29, 1.82) is 0 Å². The van der Waals surface area contributed by atoms with Gasteiger partial charge in [0, 0.05) is 0 Å². The third-order valence-electron chi connectivity index (χ3n) is 4.21. The summed E-state index contributed by atoms with van der Waals surface area (Å²) in [7, 11) is 0. The Balaban J connectivity index is 1.98. The lowest BCUT2D eigenvalue weighted by atomic mass is 9.80. The van der Waals surface area contributed by atoms with Crippen LogP contribution in [-0.4, -0.2) is 16.2 Å². The Morgan fingerprint density at radius 2 is 1.81 bits per heavy atom. The number of aliphatic carboxylic acids is 1. The van der Waals surface area contributed by atoms with Gasteiger partial charge in [0.2, 0.25) is 0 Å². The minimum atomic E-state index is -0.733. The van der Waals surface area contributed by atoms with Crippen molar-refractivity contribution in [3.63, 3.8) is 0 Å². The summed E-state index contributed by atoms with van der Waals surface area (Å²) in [6.07, 6.45) is 3.23. The highest BCUT2D eigenvalue weighted by Crippen LogP contribution is 2.36. The fourth-order valence-electron chi connectivity index (χ4n) is 3.15. The SMILES string of the molecule is O=C(O)CC1CCCc2ccc(-c3ccc(O)cc3)cc21. The van der Waals surface area contributed by atoms with Gasteiger partial charge >= 0.3 is 5.97 Å². The minimum Gasteiger partial charge on any atom is -0.508 e. The molecule has 0 saturated carbocycles. The van der Waals surface area contributed by atoms with E-state index < -0.39 is 5.97 Å². The van der Waals surface area contributed by atoms with E-state index in [2.05, 4.69) is 18.2 Å². The van der Waals surface area contributed by atoms with Crippen LogP contribution >= 0.6 is 0 Å². The number of aromatic hydroxyl groups is 1. The number of hydrogen-bond acceptors (Lipinski definition) is 2. The van der Waals surface area contributed by atoms with Crippen LogP contribution in [0.25, 0.3) is 11.1 Å². The molecule has 1 aliphatic rings. The van der Waals surface area contributed by atoms with E-state index in [1.165, 1.54) is 11.1 Å². The zero-order chi connectivity index (χ0) is 14.8. The zero-order valence-corrected chi connectivity index (χ0v) is 11.7. The number of phenols is 1. The van der Waals surface area contributed by atoms with Crippen LogP contribution in [-0.2, 0) is 11.2 Å². The van der Waals surface area contributed by atoms with Gasteiger partial charge in [-0.2, -0.15) is 0 Å². The number of carboxylic acids is 1. The lowest BCUT2D eigenvalue weighted by molar-refractivity contribution is -0.137. The molecule has 2 aromatic carbocycles. The van der Waals surface area contributed by atoms with Crippen LogP contribution in [0.3, 0.4) is 0 Å². The molecule has 1 unspecified atom stereocenters. The molecular weight excluding hydrogens is 264 g/mol. The summed E-state index contributed by atoms with van der Waals surface area (Å²) in [5, 5.41) is 18.5. The number of benzene rings is 2. The number of phenolic OH excluding ortho intramolecular Hbond substituents is 1. The van der Waals surface area contributed by atoms with E-state index in [1.54, 1.807) is 12.1 Å². The van der Waals surface area contributed by atoms with Gasteiger partial charge < -0.3 is 10.2 Å². The highest BCUT2D eigenvalue weighted by molar-refractivity contribution is 5.70. The first-order valence-corrected chi connectivity index (χ1v) is 7.27. The maximum Gasteiger partial charge on any atom is 0.303 e. The van der Waals surface area contributed by atoms with Gasteiger partial charge in [-0.3, -0.25) is 4.79 Å². The summed E-state index contributed by atoms with van der Waals surface area (Å²) >= 11 is 0. The lowest BCUT2D eigenvalue weighted by Gasteiger charge is -2.25. The largest absolute Gasteiger partial charge is 0.508 e. The van der Waals surface area contributed by atoms with Crippen LogP contribution in [0.4, 0.5) is 0 Å². The second-order valence-corrected chi connectivity index (χ2v) is 5.65. The van der Waals surface area contributed by atoms with Crippen molar-refractivity contribution in [2.75, 3.05) is 0 Å². The van der Waals surface area contributed by atoms with Crippen molar-refractivity contribution >= 4 is 5.97 Å². The molecule has 0 bridgehead atoms. The molecule has 0 heterocycles. The maximum atomic E-state index is 11.0. The van der Waals surface area contributed by atoms with Crippen LogP contribution in [0.15, 0.2) is 42.5 Å². The smallest absolute Gasteiger partial charge is 0.303 e. The summed E-state index contributed by atoms with van der Waals surface area (Å²) in [5.74, 6) is -0.369. The fraction of sp³-hybridized carbons (Fsp3) is 0.278. The molecule has 3 nitrogen and oxygen atoms in total. The van der Waals surface area contributed by atoms with Crippen molar-refractivity contribution in [3.8, 4) is 16.9 Å². The van der Waals surface area contributed by atoms with Crippen molar-refractivity contribution < 1.29 is 15.0 Å². The van der Waals surface area contributed by atoms with Crippen LogP contribution in [0.5, 0.6) is 5.75 Å². The predicted molar refractivity (Wildman–Crippen MR) is 81.5 cm³/mol. The molecule has 3 heteroatoms. The van der Waals surface area contributed by atoms with Gasteiger partial charge in [0.25, 0.3) is 0 Å². The first-order valence-electron chi connectivity index (χ1n) is 7.27. The van der Waals surface area contributed by atoms with Crippen molar-refractivity contribution in [3.05, 3.63) is 53.6 Å². The average molecular weight is 282 g/mol. The summed E-state index contributed by atoms with van der Waals surface area (Å²) in [5.41, 5.74) is 4.56. The molecule has 0 amide bonds. The Morgan fingerprint density at radius 1 is 1.10 bits per heavy atom. The van der Waals surface area contributed by atoms with E-state index in [0.29, 0.717) is 0 Å². The number of carbonyl (C=O) groups is 1. The molecule has 0 fully saturated rings. The highest BCUT2D eigenvalue weighted by Gasteiger charge is 2.22. The van der Waals surface area contributed by atoms with E-state index >= 15 is 0 Å². The second kappa shape index (κ2) is 5.60. The summed E-state index contributed by atoms with van der Waals surface area (Å²) in [6, 6.07) is 13.4. The van der Waals surface area contributed by atoms with Gasteiger partial charge in [0.05, 0.1) is 6.42 Å². The van der Waals surface area contributed by atoms with Crippen LogP contribution < -0.4 is 0 Å². The lowest BCUT2D eigenvalue weighted by Crippen LogP contribution is -2.13. The van der Waals surface area contributed by atoms with Crippen molar-refractivity contribution in [2.24, 2.45) is 0 Å². The van der Waals surface area contributed by atoms with Gasteiger partial charge in [-0.25, -0.2) is 0 Å². The fourth-order valence-corrected chi connectivity index (χ4v) is 3.15. The van der Waals surface area contributed by atoms with Gasteiger partial charge in [0.1, 0.15) is 5.75 Å². The van der Waals surface area contributed by atoms with Gasteiger partial charge in [0.15, 0.2) is 0 Å². The number of rotatable bonds is 3. The maximum absolute atomic E-state index is 11.0. The molecule has 21 heavy (non-hydrogen) atoms. The summed E-state index contributed by atoms with van der Waals surface area (Å²) < 4.78 is 0. The predicted octanol–water partition coefficient (Wildman–Crippen LogP) is 3.95. The Labute approximate surface area is 123 Å². The summed E-state index contributed by atoms with van der Waals surface area (Å²) in [6.45, 7) is 0. The molecule has 2 N–H and O–H groups in total. The highest BCUT2D eigenvalue weighted by atomic mass is 16.4. The number of fused-ring (bicyclic) bond motifs is 1. The topological polar surface area (TPSA) is 57.5 Å². The number of hydrogen-bond donors (Lipinski definition) is 2. The van der Waals surface area contributed by atoms with E-state index in [0.717, 1.165) is 30.4 Å². The molecule has 1 aliphatic carbocycles. The Bertz CT molecular complexity index is 659. The molecule has 2 aromatic rings. The normalized spacial score (nSPS) is 17.2. The van der Waals surface area contributed by atoms with Gasteiger partial charge in [-0.15, -0.1) is 0 Å². The Hall–Kier alpha value is -2.29. The molecule has 0 radical (unpaired) electrons. The molecule has 0 aromatic heterocycles. The van der Waals surface area contributed by atoms with E-state index in [1.807, 2.05) is 12.1 Å². The van der Waals surface area contributed by atoms with Gasteiger partial charge in [-0.05, 0) is 59.6 Å². The molecule has 0 aliphatic heterocycles. The van der Waals surface area contributed by atoms with Crippen molar-refractivity contribution in [1.82, 2.24) is 0 Å². The zero-order valence-electron chi connectivity index (χ0n) is 11.7. The third kappa shape index (κ3) is 2.92. The standard InChI is InChI=1S/C18H18O3/c19-16-8-6-12(7-9-16)14-5-4-13-2-1-3-15(11-18(20)21)17(13)10-14/h4-10,15,19H,1-3,11H2,(H,20,21).